The van der Waals surface area contributed by atoms with Crippen LogP contribution in [0.2, 0.25) is 0 Å². The van der Waals surface area contributed by atoms with E-state index in [4.69, 9.17) is 11.5 Å². The number of carbonyl (C=O) groups excluding carboxylic acids is 1. The average Bonchev–Trinajstić information content (AvgIpc) is 2.61. The SMILES string of the molecule is Cc1cc(N)c2ccc(NC(=O)Nc3ccc4nc(C)cc(N)c4c3)cc2n1. The third kappa shape index (κ3) is 3.37. The van der Waals surface area contributed by atoms with Gasteiger partial charge in [0, 0.05) is 44.9 Å². The minimum absolute atomic E-state index is 0.363. The number of amides is 2. The van der Waals surface area contributed by atoms with Crippen LogP contribution in [-0.4, -0.2) is 16.0 Å². The molecule has 6 N–H and O–H groups in total. The standard InChI is InChI=1S/C21H20N6O/c1-11-8-18(23)16-9-13(4-6-19(16)24-11)26-21(28)27-14-3-5-15-17(22)7-12(2)25-20(15)10-14/h3-10H,1-2H3,(H2,22,25)(H2,23,24)(H2,26,27,28). The zero-order chi connectivity index (χ0) is 19.8. The van der Waals surface area contributed by atoms with Gasteiger partial charge in [-0.15, -0.1) is 0 Å². The Morgan fingerprint density at radius 3 is 2.04 bits per heavy atom. The summed E-state index contributed by atoms with van der Waals surface area (Å²) in [6.45, 7) is 3.77. The first kappa shape index (κ1) is 17.5. The van der Waals surface area contributed by atoms with Crippen molar-refractivity contribution in [2.75, 3.05) is 22.1 Å². The van der Waals surface area contributed by atoms with Crippen molar-refractivity contribution in [1.82, 2.24) is 9.97 Å². The van der Waals surface area contributed by atoms with Crippen molar-refractivity contribution in [1.29, 1.82) is 0 Å². The number of nitrogen functional groups attached to an aromatic ring is 2. The summed E-state index contributed by atoms with van der Waals surface area (Å²) >= 11 is 0. The lowest BCUT2D eigenvalue weighted by Gasteiger charge is -2.11. The summed E-state index contributed by atoms with van der Waals surface area (Å²) in [5, 5.41) is 7.28. The number of urea groups is 1. The number of carbonyl (C=O) groups is 1. The second kappa shape index (κ2) is 6.70. The van der Waals surface area contributed by atoms with Crippen LogP contribution in [0, 0.1) is 13.8 Å². The summed E-state index contributed by atoms with van der Waals surface area (Å²) in [4.78, 5) is 21.3. The van der Waals surface area contributed by atoms with Crippen molar-refractivity contribution >= 4 is 50.6 Å². The number of anilines is 4. The highest BCUT2D eigenvalue weighted by Crippen LogP contribution is 2.25. The maximum Gasteiger partial charge on any atom is 0.323 e. The molecule has 0 radical (unpaired) electrons. The first-order valence-corrected chi connectivity index (χ1v) is 8.81. The molecule has 0 saturated carbocycles. The molecule has 0 bridgehead atoms. The van der Waals surface area contributed by atoms with Crippen LogP contribution in [0.1, 0.15) is 11.4 Å². The van der Waals surface area contributed by atoms with E-state index in [1.54, 1.807) is 18.2 Å². The predicted octanol–water partition coefficient (Wildman–Crippen LogP) is 4.21. The molecule has 4 rings (SSSR count). The van der Waals surface area contributed by atoms with Crippen molar-refractivity contribution in [3.8, 4) is 0 Å². The molecule has 0 saturated heterocycles. The van der Waals surface area contributed by atoms with E-state index in [0.717, 1.165) is 33.2 Å². The van der Waals surface area contributed by atoms with Gasteiger partial charge in [0.15, 0.2) is 0 Å². The number of pyridine rings is 2. The molecule has 0 aliphatic rings. The summed E-state index contributed by atoms with van der Waals surface area (Å²) < 4.78 is 0. The van der Waals surface area contributed by atoms with Crippen LogP contribution in [0.3, 0.4) is 0 Å². The quantitative estimate of drug-likeness (QED) is 0.420. The molecule has 2 heterocycles. The Bertz CT molecular complexity index is 1230. The predicted molar refractivity (Wildman–Crippen MR) is 114 cm³/mol. The number of nitrogens with zero attached hydrogens (tertiary/aromatic N) is 2. The van der Waals surface area contributed by atoms with Gasteiger partial charge in [-0.2, -0.15) is 0 Å². The van der Waals surface area contributed by atoms with Gasteiger partial charge in [-0.25, -0.2) is 4.79 Å². The van der Waals surface area contributed by atoms with E-state index in [9.17, 15) is 4.79 Å². The topological polar surface area (TPSA) is 119 Å². The van der Waals surface area contributed by atoms with E-state index in [1.165, 1.54) is 0 Å². The minimum atomic E-state index is -0.363. The molecule has 0 unspecified atom stereocenters. The smallest absolute Gasteiger partial charge is 0.323 e. The Balaban J connectivity index is 1.56. The fourth-order valence-corrected chi connectivity index (χ4v) is 3.23. The highest BCUT2D eigenvalue weighted by atomic mass is 16.2. The van der Waals surface area contributed by atoms with E-state index in [1.807, 2.05) is 44.2 Å². The number of aryl methyl sites for hydroxylation is 2. The molecule has 2 aromatic heterocycles. The number of hydrogen-bond donors (Lipinski definition) is 4. The maximum absolute atomic E-state index is 12.4. The minimum Gasteiger partial charge on any atom is -0.398 e. The largest absolute Gasteiger partial charge is 0.398 e. The monoisotopic (exact) mass is 372 g/mol. The summed E-state index contributed by atoms with van der Waals surface area (Å²) in [6, 6.07) is 14.1. The number of rotatable bonds is 2. The Labute approximate surface area is 161 Å². The number of nitrogens with two attached hydrogens (primary N) is 2. The third-order valence-electron chi connectivity index (χ3n) is 4.45. The Morgan fingerprint density at radius 1 is 0.750 bits per heavy atom. The fourth-order valence-electron chi connectivity index (χ4n) is 3.23. The third-order valence-corrected chi connectivity index (χ3v) is 4.45. The van der Waals surface area contributed by atoms with Gasteiger partial charge >= 0.3 is 6.03 Å². The molecule has 0 aliphatic carbocycles. The van der Waals surface area contributed by atoms with Gasteiger partial charge in [0.25, 0.3) is 0 Å². The first-order valence-electron chi connectivity index (χ1n) is 8.81. The lowest BCUT2D eigenvalue weighted by molar-refractivity contribution is 0.262. The molecular formula is C21H20N6O. The first-order chi connectivity index (χ1) is 13.4. The van der Waals surface area contributed by atoms with Gasteiger partial charge in [-0.3, -0.25) is 9.97 Å². The van der Waals surface area contributed by atoms with E-state index < -0.39 is 0 Å². The Morgan fingerprint density at radius 2 is 1.32 bits per heavy atom. The van der Waals surface area contributed by atoms with Gasteiger partial charge in [0.05, 0.1) is 11.0 Å². The van der Waals surface area contributed by atoms with Crippen LogP contribution in [0.15, 0.2) is 48.5 Å². The summed E-state index contributed by atoms with van der Waals surface area (Å²) in [5.74, 6) is 0. The Kier molecular flexibility index (Phi) is 4.19. The lowest BCUT2D eigenvalue weighted by Crippen LogP contribution is -2.19. The second-order valence-corrected chi connectivity index (χ2v) is 6.75. The summed E-state index contributed by atoms with van der Waals surface area (Å²) in [5.41, 5.74) is 17.8. The van der Waals surface area contributed by atoms with Crippen LogP contribution >= 0.6 is 0 Å². The molecule has 0 aliphatic heterocycles. The maximum atomic E-state index is 12.4. The van der Waals surface area contributed by atoms with Gasteiger partial charge in [0.2, 0.25) is 0 Å². The lowest BCUT2D eigenvalue weighted by atomic mass is 10.1. The number of hydrogen-bond acceptors (Lipinski definition) is 5. The Hall–Kier alpha value is -3.87. The summed E-state index contributed by atoms with van der Waals surface area (Å²) in [7, 11) is 0. The van der Waals surface area contributed by atoms with E-state index in [2.05, 4.69) is 20.6 Å². The van der Waals surface area contributed by atoms with Gasteiger partial charge in [-0.1, -0.05) is 0 Å². The zero-order valence-electron chi connectivity index (χ0n) is 15.6. The number of fused-ring (bicyclic) bond motifs is 2. The molecule has 0 fully saturated rings. The molecule has 4 aromatic rings. The van der Waals surface area contributed by atoms with Gasteiger partial charge in [0.1, 0.15) is 0 Å². The number of aromatic nitrogens is 2. The molecule has 0 atom stereocenters. The van der Waals surface area contributed by atoms with E-state index in [-0.39, 0.29) is 6.03 Å². The highest BCUT2D eigenvalue weighted by Gasteiger charge is 2.08. The van der Waals surface area contributed by atoms with Crippen LogP contribution in [0.5, 0.6) is 0 Å². The summed E-state index contributed by atoms with van der Waals surface area (Å²) in [6.07, 6.45) is 0. The van der Waals surface area contributed by atoms with Crippen molar-refractivity contribution in [2.24, 2.45) is 0 Å². The van der Waals surface area contributed by atoms with E-state index >= 15 is 0 Å². The molecule has 28 heavy (non-hydrogen) atoms. The van der Waals surface area contributed by atoms with Gasteiger partial charge in [-0.05, 0) is 62.4 Å². The fraction of sp³-hybridized carbons (Fsp3) is 0.0952. The molecule has 140 valence electrons. The molecule has 7 heteroatoms. The molecule has 0 spiro atoms. The van der Waals surface area contributed by atoms with Crippen molar-refractivity contribution < 1.29 is 4.79 Å². The van der Waals surface area contributed by atoms with Crippen molar-refractivity contribution in [2.45, 2.75) is 13.8 Å². The zero-order valence-corrected chi connectivity index (χ0v) is 15.6. The second-order valence-electron chi connectivity index (χ2n) is 6.75. The molecule has 2 amide bonds. The van der Waals surface area contributed by atoms with Crippen LogP contribution in [-0.2, 0) is 0 Å². The highest BCUT2D eigenvalue weighted by molar-refractivity contribution is 6.03. The van der Waals surface area contributed by atoms with E-state index in [0.29, 0.717) is 22.7 Å². The van der Waals surface area contributed by atoms with Crippen LogP contribution < -0.4 is 22.1 Å². The number of nitrogens with one attached hydrogen (secondary N) is 2. The molecule has 7 nitrogen and oxygen atoms in total. The van der Waals surface area contributed by atoms with Crippen molar-refractivity contribution in [3.63, 3.8) is 0 Å². The van der Waals surface area contributed by atoms with Crippen LogP contribution in [0.25, 0.3) is 21.8 Å². The van der Waals surface area contributed by atoms with Crippen molar-refractivity contribution in [3.05, 3.63) is 59.9 Å². The van der Waals surface area contributed by atoms with Gasteiger partial charge < -0.3 is 22.1 Å². The number of benzene rings is 2. The molecular weight excluding hydrogens is 352 g/mol. The average molecular weight is 372 g/mol. The molecule has 2 aromatic carbocycles. The van der Waals surface area contributed by atoms with Crippen LogP contribution in [0.4, 0.5) is 27.5 Å². The normalized spacial score (nSPS) is 10.9.